The average molecular weight is 320 g/mol. The van der Waals surface area contributed by atoms with Crippen LogP contribution in [0.25, 0.3) is 0 Å². The van der Waals surface area contributed by atoms with Gasteiger partial charge in [0.25, 0.3) is 5.91 Å². The molecule has 1 amide bonds. The van der Waals surface area contributed by atoms with Gasteiger partial charge in [-0.2, -0.15) is 0 Å². The maximum atomic E-state index is 12.5. The molecular formula is C15H16N2O4S. The fraction of sp³-hybridized carbons (Fsp3) is 0.267. The third kappa shape index (κ3) is 3.25. The Morgan fingerprint density at radius 3 is 2.73 bits per heavy atom. The highest BCUT2D eigenvalue weighted by Crippen LogP contribution is 2.30. The third-order valence-electron chi connectivity index (χ3n) is 3.50. The molecule has 1 aromatic heterocycles. The lowest BCUT2D eigenvalue weighted by Gasteiger charge is -2.25. The van der Waals surface area contributed by atoms with E-state index in [1.807, 2.05) is 24.4 Å². The molecular weight excluding hydrogens is 304 g/mol. The SMILES string of the molecule is CC(Cc1cccs1)N(C)C(=O)c1cccc([N+](=O)[O-])c1O. The lowest BCUT2D eigenvalue weighted by atomic mass is 10.1. The van der Waals surface area contributed by atoms with Crippen molar-refractivity contribution in [3.8, 4) is 5.75 Å². The van der Waals surface area contributed by atoms with Crippen molar-refractivity contribution < 1.29 is 14.8 Å². The van der Waals surface area contributed by atoms with E-state index in [1.165, 1.54) is 23.1 Å². The smallest absolute Gasteiger partial charge is 0.311 e. The van der Waals surface area contributed by atoms with Crippen molar-refractivity contribution >= 4 is 22.9 Å². The van der Waals surface area contributed by atoms with E-state index in [0.717, 1.165) is 4.88 Å². The van der Waals surface area contributed by atoms with Gasteiger partial charge in [0, 0.05) is 30.5 Å². The molecule has 116 valence electrons. The van der Waals surface area contributed by atoms with Crippen LogP contribution in [0.3, 0.4) is 0 Å². The van der Waals surface area contributed by atoms with Gasteiger partial charge < -0.3 is 10.0 Å². The van der Waals surface area contributed by atoms with Crippen LogP contribution in [0.4, 0.5) is 5.69 Å². The monoisotopic (exact) mass is 320 g/mol. The Kier molecular flexibility index (Phi) is 4.77. The highest BCUT2D eigenvalue weighted by Gasteiger charge is 2.25. The van der Waals surface area contributed by atoms with Crippen LogP contribution in [0, 0.1) is 10.1 Å². The van der Waals surface area contributed by atoms with E-state index in [0.29, 0.717) is 6.42 Å². The minimum Gasteiger partial charge on any atom is -0.502 e. The van der Waals surface area contributed by atoms with E-state index in [2.05, 4.69) is 0 Å². The maximum absolute atomic E-state index is 12.5. The molecule has 1 atom stereocenters. The van der Waals surface area contributed by atoms with Crippen molar-refractivity contribution in [3.63, 3.8) is 0 Å². The van der Waals surface area contributed by atoms with E-state index in [4.69, 9.17) is 0 Å². The van der Waals surface area contributed by atoms with E-state index >= 15 is 0 Å². The highest BCUT2D eigenvalue weighted by atomic mass is 32.1. The van der Waals surface area contributed by atoms with Crippen LogP contribution in [0.2, 0.25) is 0 Å². The summed E-state index contributed by atoms with van der Waals surface area (Å²) in [5, 5.41) is 22.7. The molecule has 1 unspecified atom stereocenters. The summed E-state index contributed by atoms with van der Waals surface area (Å²) in [5.74, 6) is -1.03. The molecule has 6 nitrogen and oxygen atoms in total. The van der Waals surface area contributed by atoms with Crippen LogP contribution in [-0.2, 0) is 6.42 Å². The number of nitro benzene ring substituents is 1. The number of carbonyl (C=O) groups excluding carboxylic acids is 1. The number of rotatable bonds is 5. The molecule has 2 aromatic rings. The zero-order chi connectivity index (χ0) is 16.3. The van der Waals surface area contributed by atoms with Gasteiger partial charge in [-0.1, -0.05) is 12.1 Å². The average Bonchev–Trinajstić information content (AvgIpc) is 2.98. The summed E-state index contributed by atoms with van der Waals surface area (Å²) in [7, 11) is 1.62. The topological polar surface area (TPSA) is 83.7 Å². The second-order valence-electron chi connectivity index (χ2n) is 4.98. The van der Waals surface area contributed by atoms with Crippen molar-refractivity contribution in [1.82, 2.24) is 4.90 Å². The molecule has 2 rings (SSSR count). The van der Waals surface area contributed by atoms with Crippen LogP contribution in [0.5, 0.6) is 5.75 Å². The zero-order valence-corrected chi connectivity index (χ0v) is 13.0. The van der Waals surface area contributed by atoms with Gasteiger partial charge in [0.1, 0.15) is 0 Å². The Labute approximate surface area is 131 Å². The van der Waals surface area contributed by atoms with Crippen LogP contribution < -0.4 is 0 Å². The Balaban J connectivity index is 2.20. The molecule has 0 radical (unpaired) electrons. The fourth-order valence-electron chi connectivity index (χ4n) is 2.10. The first-order chi connectivity index (χ1) is 10.4. The molecule has 0 aliphatic carbocycles. The van der Waals surface area contributed by atoms with E-state index in [1.54, 1.807) is 18.4 Å². The quantitative estimate of drug-likeness (QED) is 0.678. The number of thiophene rings is 1. The van der Waals surface area contributed by atoms with Crippen molar-refractivity contribution in [3.05, 3.63) is 56.3 Å². The van der Waals surface area contributed by atoms with Gasteiger partial charge in [-0.05, 0) is 24.4 Å². The van der Waals surface area contributed by atoms with Crippen LogP contribution in [0.1, 0.15) is 22.2 Å². The normalized spacial score (nSPS) is 11.9. The number of benzene rings is 1. The van der Waals surface area contributed by atoms with Crippen LogP contribution in [-0.4, -0.2) is 33.9 Å². The fourth-order valence-corrected chi connectivity index (χ4v) is 2.92. The number of hydrogen-bond donors (Lipinski definition) is 1. The minimum absolute atomic E-state index is 0.0604. The lowest BCUT2D eigenvalue weighted by Crippen LogP contribution is -2.36. The van der Waals surface area contributed by atoms with E-state index in [9.17, 15) is 20.0 Å². The number of nitrogens with zero attached hydrogens (tertiary/aromatic N) is 2. The number of amides is 1. The molecule has 0 saturated carbocycles. The zero-order valence-electron chi connectivity index (χ0n) is 12.2. The van der Waals surface area contributed by atoms with Crippen LogP contribution >= 0.6 is 11.3 Å². The van der Waals surface area contributed by atoms with Gasteiger partial charge >= 0.3 is 5.69 Å². The predicted octanol–water partition coefficient (Wildman–Crippen LogP) is 3.07. The lowest BCUT2D eigenvalue weighted by molar-refractivity contribution is -0.385. The molecule has 7 heteroatoms. The second kappa shape index (κ2) is 6.57. The maximum Gasteiger partial charge on any atom is 0.311 e. The van der Waals surface area contributed by atoms with Gasteiger partial charge in [-0.15, -0.1) is 11.3 Å². The Hall–Kier alpha value is -2.41. The number of phenols is 1. The molecule has 0 saturated heterocycles. The molecule has 0 bridgehead atoms. The van der Waals surface area contributed by atoms with Gasteiger partial charge in [0.2, 0.25) is 5.75 Å². The number of para-hydroxylation sites is 1. The summed E-state index contributed by atoms with van der Waals surface area (Å²) >= 11 is 1.61. The van der Waals surface area contributed by atoms with Gasteiger partial charge in [0.15, 0.2) is 0 Å². The summed E-state index contributed by atoms with van der Waals surface area (Å²) in [5.41, 5.74) is -0.528. The van der Waals surface area contributed by atoms with Gasteiger partial charge in [0.05, 0.1) is 10.5 Å². The number of phenolic OH excluding ortho intramolecular Hbond substituents is 1. The second-order valence-corrected chi connectivity index (χ2v) is 6.01. The number of hydrogen-bond acceptors (Lipinski definition) is 5. The molecule has 0 spiro atoms. The molecule has 0 aliphatic rings. The molecule has 0 fully saturated rings. The van der Waals surface area contributed by atoms with Crippen molar-refractivity contribution in [2.45, 2.75) is 19.4 Å². The van der Waals surface area contributed by atoms with E-state index < -0.39 is 22.3 Å². The number of nitro groups is 1. The van der Waals surface area contributed by atoms with Crippen LogP contribution in [0.15, 0.2) is 35.7 Å². The molecule has 0 aliphatic heterocycles. The molecule has 1 heterocycles. The summed E-state index contributed by atoms with van der Waals surface area (Å²) in [4.78, 5) is 25.2. The number of aromatic hydroxyl groups is 1. The summed E-state index contributed by atoms with van der Waals surface area (Å²) in [6.45, 7) is 1.89. The standard InChI is InChI=1S/C15H16N2O4S/c1-10(9-11-5-4-8-22-11)16(2)15(19)12-6-3-7-13(14(12)18)17(20)21/h3-8,10,18H,9H2,1-2H3. The largest absolute Gasteiger partial charge is 0.502 e. The Morgan fingerprint density at radius 1 is 1.41 bits per heavy atom. The molecule has 1 N–H and O–H groups in total. The first-order valence-electron chi connectivity index (χ1n) is 6.67. The van der Waals surface area contributed by atoms with Gasteiger partial charge in [-0.25, -0.2) is 0 Å². The minimum atomic E-state index is -0.707. The van der Waals surface area contributed by atoms with Crippen molar-refractivity contribution in [1.29, 1.82) is 0 Å². The molecule has 22 heavy (non-hydrogen) atoms. The molecule has 1 aromatic carbocycles. The summed E-state index contributed by atoms with van der Waals surface area (Å²) < 4.78 is 0. The first-order valence-corrected chi connectivity index (χ1v) is 7.55. The van der Waals surface area contributed by atoms with Crippen molar-refractivity contribution in [2.75, 3.05) is 7.05 Å². The Morgan fingerprint density at radius 2 is 2.14 bits per heavy atom. The van der Waals surface area contributed by atoms with E-state index in [-0.39, 0.29) is 11.6 Å². The predicted molar refractivity (Wildman–Crippen MR) is 84.3 cm³/mol. The Bertz CT molecular complexity index is 685. The first kappa shape index (κ1) is 16.0. The van der Waals surface area contributed by atoms with Gasteiger partial charge in [-0.3, -0.25) is 14.9 Å². The number of likely N-dealkylation sites (N-methyl/N-ethyl adjacent to an activating group) is 1. The third-order valence-corrected chi connectivity index (χ3v) is 4.40. The number of carbonyl (C=O) groups is 1. The van der Waals surface area contributed by atoms with Crippen molar-refractivity contribution in [2.24, 2.45) is 0 Å². The highest BCUT2D eigenvalue weighted by molar-refractivity contribution is 7.09. The summed E-state index contributed by atoms with van der Waals surface area (Å²) in [6.07, 6.45) is 0.690. The summed E-state index contributed by atoms with van der Waals surface area (Å²) in [6, 6.07) is 7.79.